The van der Waals surface area contributed by atoms with Crippen LogP contribution < -0.4 is 5.32 Å². The molecule has 0 aromatic heterocycles. The number of carbonyl (C=O) groups is 2. The quantitative estimate of drug-likeness (QED) is 0.833. The zero-order valence-corrected chi connectivity index (χ0v) is 12.3. The van der Waals surface area contributed by atoms with E-state index in [0.717, 1.165) is 0 Å². The SMILES string of the molecule is CC(C)C(CNC1CC(=O)N(C)C1=O)c1ccccc1. The van der Waals surface area contributed by atoms with Crippen LogP contribution in [0.4, 0.5) is 0 Å². The zero-order valence-electron chi connectivity index (χ0n) is 12.3. The van der Waals surface area contributed by atoms with Crippen molar-refractivity contribution in [2.75, 3.05) is 13.6 Å². The first kappa shape index (κ1) is 14.7. The van der Waals surface area contributed by atoms with Gasteiger partial charge in [-0.3, -0.25) is 14.5 Å². The van der Waals surface area contributed by atoms with Gasteiger partial charge >= 0.3 is 0 Å². The zero-order chi connectivity index (χ0) is 14.7. The van der Waals surface area contributed by atoms with Crippen LogP contribution in [0.1, 0.15) is 31.7 Å². The van der Waals surface area contributed by atoms with Crippen molar-refractivity contribution in [1.29, 1.82) is 0 Å². The van der Waals surface area contributed by atoms with E-state index in [1.54, 1.807) is 7.05 Å². The maximum atomic E-state index is 11.9. The third kappa shape index (κ3) is 3.07. The van der Waals surface area contributed by atoms with Crippen molar-refractivity contribution in [2.45, 2.75) is 32.2 Å². The number of hydrogen-bond donors (Lipinski definition) is 1. The van der Waals surface area contributed by atoms with Gasteiger partial charge in [0, 0.05) is 13.6 Å². The fourth-order valence-electron chi connectivity index (χ4n) is 2.62. The lowest BCUT2D eigenvalue weighted by molar-refractivity contribution is -0.137. The molecule has 0 saturated carbocycles. The molecule has 20 heavy (non-hydrogen) atoms. The molecule has 108 valence electrons. The van der Waals surface area contributed by atoms with Gasteiger partial charge in [0.15, 0.2) is 0 Å². The van der Waals surface area contributed by atoms with E-state index in [-0.39, 0.29) is 24.3 Å². The summed E-state index contributed by atoms with van der Waals surface area (Å²) in [6.07, 6.45) is 0.273. The second-order valence-corrected chi connectivity index (χ2v) is 5.72. The van der Waals surface area contributed by atoms with Crippen molar-refractivity contribution in [3.63, 3.8) is 0 Å². The second-order valence-electron chi connectivity index (χ2n) is 5.72. The fraction of sp³-hybridized carbons (Fsp3) is 0.500. The predicted octanol–water partition coefficient (Wildman–Crippen LogP) is 1.77. The molecule has 0 radical (unpaired) electrons. The first-order chi connectivity index (χ1) is 9.50. The molecule has 1 saturated heterocycles. The van der Waals surface area contributed by atoms with Crippen LogP contribution in [0.5, 0.6) is 0 Å². The number of amides is 2. The topological polar surface area (TPSA) is 49.4 Å². The minimum atomic E-state index is -0.363. The van der Waals surface area contributed by atoms with Crippen molar-refractivity contribution in [2.24, 2.45) is 5.92 Å². The Bertz CT molecular complexity index is 485. The summed E-state index contributed by atoms with van der Waals surface area (Å²) >= 11 is 0. The first-order valence-corrected chi connectivity index (χ1v) is 7.09. The van der Waals surface area contributed by atoms with E-state index in [2.05, 4.69) is 31.3 Å². The van der Waals surface area contributed by atoms with Gasteiger partial charge in [-0.25, -0.2) is 0 Å². The molecule has 1 aliphatic rings. The molecule has 0 bridgehead atoms. The van der Waals surface area contributed by atoms with Gasteiger partial charge in [0.25, 0.3) is 0 Å². The molecule has 1 heterocycles. The number of carbonyl (C=O) groups excluding carboxylic acids is 2. The highest BCUT2D eigenvalue weighted by Crippen LogP contribution is 2.24. The van der Waals surface area contributed by atoms with E-state index >= 15 is 0 Å². The van der Waals surface area contributed by atoms with Crippen LogP contribution in [-0.2, 0) is 9.59 Å². The molecule has 2 atom stereocenters. The van der Waals surface area contributed by atoms with Crippen molar-refractivity contribution < 1.29 is 9.59 Å². The van der Waals surface area contributed by atoms with Crippen LogP contribution in [0, 0.1) is 5.92 Å². The summed E-state index contributed by atoms with van der Waals surface area (Å²) in [6, 6.07) is 9.92. The van der Waals surface area contributed by atoms with Crippen molar-refractivity contribution in [3.05, 3.63) is 35.9 Å². The molecule has 2 amide bonds. The summed E-state index contributed by atoms with van der Waals surface area (Å²) in [6.45, 7) is 5.05. The van der Waals surface area contributed by atoms with Crippen molar-refractivity contribution in [3.8, 4) is 0 Å². The highest BCUT2D eigenvalue weighted by Gasteiger charge is 2.36. The van der Waals surface area contributed by atoms with E-state index < -0.39 is 0 Å². The Morgan fingerprint density at radius 1 is 1.25 bits per heavy atom. The van der Waals surface area contributed by atoms with Crippen molar-refractivity contribution in [1.82, 2.24) is 10.2 Å². The van der Waals surface area contributed by atoms with Crippen LogP contribution in [0.3, 0.4) is 0 Å². The molecular formula is C16H22N2O2. The maximum absolute atomic E-state index is 11.9. The van der Waals surface area contributed by atoms with E-state index in [9.17, 15) is 9.59 Å². The summed E-state index contributed by atoms with van der Waals surface area (Å²) in [7, 11) is 1.55. The van der Waals surface area contributed by atoms with Crippen LogP contribution in [0.2, 0.25) is 0 Å². The average Bonchev–Trinajstić information content (AvgIpc) is 2.67. The summed E-state index contributed by atoms with van der Waals surface area (Å²) in [5, 5.41) is 3.26. The van der Waals surface area contributed by atoms with Gasteiger partial charge in [0.1, 0.15) is 0 Å². The van der Waals surface area contributed by atoms with Gasteiger partial charge in [-0.1, -0.05) is 44.2 Å². The van der Waals surface area contributed by atoms with E-state index in [4.69, 9.17) is 0 Å². The molecule has 0 aliphatic carbocycles. The summed E-state index contributed by atoms with van der Waals surface area (Å²) in [5.74, 6) is 0.582. The maximum Gasteiger partial charge on any atom is 0.246 e. The highest BCUT2D eigenvalue weighted by atomic mass is 16.2. The van der Waals surface area contributed by atoms with E-state index in [1.807, 2.05) is 18.2 Å². The lowest BCUT2D eigenvalue weighted by Gasteiger charge is -2.23. The van der Waals surface area contributed by atoms with Gasteiger partial charge < -0.3 is 5.32 Å². The van der Waals surface area contributed by atoms with Crippen LogP contribution >= 0.6 is 0 Å². The van der Waals surface area contributed by atoms with Gasteiger partial charge in [0.2, 0.25) is 11.8 Å². The smallest absolute Gasteiger partial charge is 0.246 e. The van der Waals surface area contributed by atoms with Gasteiger partial charge in [-0.05, 0) is 17.4 Å². The normalized spacial score (nSPS) is 20.8. The molecule has 1 fully saturated rings. The van der Waals surface area contributed by atoms with Crippen molar-refractivity contribution >= 4 is 11.8 Å². The molecule has 2 unspecified atom stereocenters. The number of likely N-dealkylation sites (N-methyl/N-ethyl adjacent to an activating group) is 1. The minimum Gasteiger partial charge on any atom is -0.305 e. The largest absolute Gasteiger partial charge is 0.305 e. The van der Waals surface area contributed by atoms with Gasteiger partial charge in [-0.2, -0.15) is 0 Å². The Hall–Kier alpha value is -1.68. The number of hydrogen-bond acceptors (Lipinski definition) is 3. The third-order valence-electron chi connectivity index (χ3n) is 4.00. The Labute approximate surface area is 120 Å². The summed E-state index contributed by atoms with van der Waals surface area (Å²) in [4.78, 5) is 24.6. The standard InChI is InChI=1S/C16H22N2O2/c1-11(2)13(12-7-5-4-6-8-12)10-17-14-9-15(19)18(3)16(14)20/h4-8,11,13-14,17H,9-10H2,1-3H3. The number of nitrogens with one attached hydrogen (secondary N) is 1. The van der Waals surface area contributed by atoms with Gasteiger partial charge in [-0.15, -0.1) is 0 Å². The third-order valence-corrected chi connectivity index (χ3v) is 4.00. The molecule has 1 N–H and O–H groups in total. The molecule has 4 heteroatoms. The summed E-state index contributed by atoms with van der Waals surface area (Å²) in [5.41, 5.74) is 1.26. The first-order valence-electron chi connectivity index (χ1n) is 7.09. The molecule has 1 aromatic rings. The number of rotatable bonds is 5. The minimum absolute atomic E-state index is 0.103. The Balaban J connectivity index is 2.01. The van der Waals surface area contributed by atoms with Crippen LogP contribution in [0.15, 0.2) is 30.3 Å². The molecule has 4 nitrogen and oxygen atoms in total. The monoisotopic (exact) mass is 274 g/mol. The number of nitrogens with zero attached hydrogens (tertiary/aromatic N) is 1. The molecular weight excluding hydrogens is 252 g/mol. The summed E-state index contributed by atoms with van der Waals surface area (Å²) < 4.78 is 0. The lowest BCUT2D eigenvalue weighted by Crippen LogP contribution is -2.39. The molecule has 2 rings (SSSR count). The van der Waals surface area contributed by atoms with E-state index in [0.29, 0.717) is 18.4 Å². The Kier molecular flexibility index (Phi) is 4.55. The molecule has 0 spiro atoms. The lowest BCUT2D eigenvalue weighted by atomic mass is 9.88. The number of likely N-dealkylation sites (tertiary alicyclic amines) is 1. The van der Waals surface area contributed by atoms with Gasteiger partial charge in [0.05, 0.1) is 12.5 Å². The predicted molar refractivity (Wildman–Crippen MR) is 78.2 cm³/mol. The average molecular weight is 274 g/mol. The molecule has 1 aliphatic heterocycles. The number of benzene rings is 1. The Morgan fingerprint density at radius 3 is 2.40 bits per heavy atom. The fourth-order valence-corrected chi connectivity index (χ4v) is 2.62. The van der Waals surface area contributed by atoms with E-state index in [1.165, 1.54) is 10.5 Å². The highest BCUT2D eigenvalue weighted by molar-refractivity contribution is 6.05. The second kappa shape index (κ2) is 6.18. The number of imide groups is 1. The Morgan fingerprint density at radius 2 is 1.90 bits per heavy atom. The molecule has 1 aromatic carbocycles. The van der Waals surface area contributed by atoms with Crippen LogP contribution in [0.25, 0.3) is 0 Å². The van der Waals surface area contributed by atoms with Crippen LogP contribution in [-0.4, -0.2) is 36.3 Å².